The molecule has 0 saturated carbocycles. The third-order valence-electron chi connectivity index (χ3n) is 3.26. The maximum atomic E-state index is 12.3. The number of nitrogens with one attached hydrogen (secondary N) is 1. The molecule has 1 heterocycles. The van der Waals surface area contributed by atoms with Gasteiger partial charge in [0, 0.05) is 10.6 Å². The van der Waals surface area contributed by atoms with E-state index in [0.29, 0.717) is 16.5 Å². The van der Waals surface area contributed by atoms with Crippen LogP contribution in [0.4, 0.5) is 5.82 Å². The molecule has 1 amide bonds. The first kappa shape index (κ1) is 16.0. The molecule has 1 unspecified atom stereocenters. The van der Waals surface area contributed by atoms with Gasteiger partial charge in [-0.05, 0) is 35.4 Å². The quantitative estimate of drug-likeness (QED) is 0.762. The van der Waals surface area contributed by atoms with Gasteiger partial charge < -0.3 is 10.1 Å². The van der Waals surface area contributed by atoms with Crippen molar-refractivity contribution in [3.63, 3.8) is 0 Å². The van der Waals surface area contributed by atoms with Crippen LogP contribution < -0.4 is 10.1 Å². The summed E-state index contributed by atoms with van der Waals surface area (Å²) in [5, 5.41) is 10.8. The zero-order valence-electron chi connectivity index (χ0n) is 12.8. The lowest BCUT2D eigenvalue weighted by molar-refractivity contribution is -0.122. The van der Waals surface area contributed by atoms with E-state index in [9.17, 15) is 4.79 Å². The van der Waals surface area contributed by atoms with E-state index in [1.165, 1.54) is 0 Å². The summed E-state index contributed by atoms with van der Waals surface area (Å²) in [6, 6.07) is 16.1. The number of hydrogen-bond acceptors (Lipinski definition) is 5. The van der Waals surface area contributed by atoms with Crippen molar-refractivity contribution in [3.05, 3.63) is 59.6 Å². The van der Waals surface area contributed by atoms with Gasteiger partial charge in [-0.1, -0.05) is 48.0 Å². The third-order valence-corrected chi connectivity index (χ3v) is 3.49. The van der Waals surface area contributed by atoms with Crippen molar-refractivity contribution in [2.45, 2.75) is 13.0 Å². The fourth-order valence-corrected chi connectivity index (χ4v) is 2.25. The summed E-state index contributed by atoms with van der Waals surface area (Å²) in [7, 11) is 0. The summed E-state index contributed by atoms with van der Waals surface area (Å²) >= 11 is 5.90. The molecule has 3 rings (SSSR count). The van der Waals surface area contributed by atoms with Crippen molar-refractivity contribution >= 4 is 23.3 Å². The molecule has 122 valence electrons. The molecule has 0 saturated heterocycles. The average Bonchev–Trinajstić information content (AvgIpc) is 3.03. The van der Waals surface area contributed by atoms with Crippen molar-refractivity contribution in [3.8, 4) is 17.0 Å². The summed E-state index contributed by atoms with van der Waals surface area (Å²) in [5.74, 6) is 0.377. The number of amides is 1. The van der Waals surface area contributed by atoms with Crippen LogP contribution in [0.15, 0.2) is 59.2 Å². The SMILES string of the molecule is CC(Oc1cccc(Cl)c1)C(=O)Nc1nonc1-c1ccccc1. The molecule has 0 aliphatic carbocycles. The van der Waals surface area contributed by atoms with Gasteiger partial charge in [-0.2, -0.15) is 0 Å². The van der Waals surface area contributed by atoms with Crippen molar-refractivity contribution in [2.24, 2.45) is 0 Å². The highest BCUT2D eigenvalue weighted by Gasteiger charge is 2.20. The van der Waals surface area contributed by atoms with Gasteiger partial charge in [-0.25, -0.2) is 4.63 Å². The number of carbonyl (C=O) groups is 1. The minimum absolute atomic E-state index is 0.243. The van der Waals surface area contributed by atoms with Gasteiger partial charge in [-0.3, -0.25) is 4.79 Å². The molecular weight excluding hydrogens is 330 g/mol. The second kappa shape index (κ2) is 7.14. The van der Waals surface area contributed by atoms with Gasteiger partial charge in [0.05, 0.1) is 0 Å². The summed E-state index contributed by atoms with van der Waals surface area (Å²) in [4.78, 5) is 12.3. The zero-order valence-corrected chi connectivity index (χ0v) is 13.5. The molecule has 0 aliphatic heterocycles. The number of hydrogen-bond donors (Lipinski definition) is 1. The highest BCUT2D eigenvalue weighted by molar-refractivity contribution is 6.30. The zero-order chi connectivity index (χ0) is 16.9. The van der Waals surface area contributed by atoms with E-state index in [1.54, 1.807) is 31.2 Å². The Bertz CT molecular complexity index is 836. The molecule has 0 spiro atoms. The lowest BCUT2D eigenvalue weighted by atomic mass is 10.1. The first-order chi connectivity index (χ1) is 11.6. The van der Waals surface area contributed by atoms with Gasteiger partial charge in [-0.15, -0.1) is 0 Å². The smallest absolute Gasteiger partial charge is 0.266 e. The maximum absolute atomic E-state index is 12.3. The van der Waals surface area contributed by atoms with E-state index < -0.39 is 6.10 Å². The lowest BCUT2D eigenvalue weighted by Gasteiger charge is -2.14. The van der Waals surface area contributed by atoms with E-state index in [0.717, 1.165) is 5.56 Å². The molecule has 7 heteroatoms. The van der Waals surface area contributed by atoms with Crippen LogP contribution in [-0.2, 0) is 4.79 Å². The number of benzene rings is 2. The Labute approximate surface area is 143 Å². The minimum atomic E-state index is -0.746. The fraction of sp³-hybridized carbons (Fsp3) is 0.118. The molecule has 1 aromatic heterocycles. The summed E-state index contributed by atoms with van der Waals surface area (Å²) in [5.41, 5.74) is 1.25. The fourth-order valence-electron chi connectivity index (χ4n) is 2.07. The summed E-state index contributed by atoms with van der Waals surface area (Å²) in [6.07, 6.45) is -0.746. The third kappa shape index (κ3) is 3.72. The molecule has 24 heavy (non-hydrogen) atoms. The number of ether oxygens (including phenoxy) is 1. The molecule has 1 atom stereocenters. The van der Waals surface area contributed by atoms with E-state index in [4.69, 9.17) is 21.0 Å². The number of rotatable bonds is 5. The molecule has 0 aliphatic rings. The number of nitrogens with zero attached hydrogens (tertiary/aromatic N) is 2. The molecule has 1 N–H and O–H groups in total. The normalized spacial score (nSPS) is 11.8. The monoisotopic (exact) mass is 343 g/mol. The van der Waals surface area contributed by atoms with E-state index >= 15 is 0 Å². The van der Waals surface area contributed by atoms with Crippen LogP contribution >= 0.6 is 11.6 Å². The van der Waals surface area contributed by atoms with Crippen molar-refractivity contribution in [2.75, 3.05) is 5.32 Å². The number of halogens is 1. The first-order valence-corrected chi connectivity index (χ1v) is 7.62. The maximum Gasteiger partial charge on any atom is 0.266 e. The van der Waals surface area contributed by atoms with E-state index in [2.05, 4.69) is 15.6 Å². The lowest BCUT2D eigenvalue weighted by Crippen LogP contribution is -2.30. The molecule has 0 bridgehead atoms. The second-order valence-electron chi connectivity index (χ2n) is 5.03. The summed E-state index contributed by atoms with van der Waals surface area (Å²) < 4.78 is 10.3. The first-order valence-electron chi connectivity index (χ1n) is 7.24. The Kier molecular flexibility index (Phi) is 4.77. The van der Waals surface area contributed by atoms with Gasteiger partial charge in [0.15, 0.2) is 11.8 Å². The Balaban J connectivity index is 1.70. The van der Waals surface area contributed by atoms with Crippen LogP contribution in [0.5, 0.6) is 5.75 Å². The van der Waals surface area contributed by atoms with Crippen LogP contribution in [0.1, 0.15) is 6.92 Å². The molecule has 6 nitrogen and oxygen atoms in total. The van der Waals surface area contributed by atoms with Crippen molar-refractivity contribution in [1.82, 2.24) is 10.3 Å². The largest absolute Gasteiger partial charge is 0.481 e. The van der Waals surface area contributed by atoms with Crippen LogP contribution in [0.25, 0.3) is 11.3 Å². The van der Waals surface area contributed by atoms with Gasteiger partial charge in [0.25, 0.3) is 5.91 Å². The number of anilines is 1. The molecule has 2 aromatic carbocycles. The highest BCUT2D eigenvalue weighted by Crippen LogP contribution is 2.24. The topological polar surface area (TPSA) is 77.2 Å². The van der Waals surface area contributed by atoms with E-state index in [-0.39, 0.29) is 11.7 Å². The van der Waals surface area contributed by atoms with Gasteiger partial charge >= 0.3 is 0 Å². The van der Waals surface area contributed by atoms with Crippen LogP contribution in [0.3, 0.4) is 0 Å². The number of aromatic nitrogens is 2. The Morgan fingerprint density at radius 3 is 2.71 bits per heavy atom. The summed E-state index contributed by atoms with van der Waals surface area (Å²) in [6.45, 7) is 1.63. The predicted molar refractivity (Wildman–Crippen MR) is 89.9 cm³/mol. The standard InChI is InChI=1S/C17H14ClN3O3/c1-11(23-14-9-5-8-13(18)10-14)17(22)19-16-15(20-24-21-16)12-6-3-2-4-7-12/h2-11H,1H3,(H,19,21,22). The molecule has 0 fully saturated rings. The van der Waals surface area contributed by atoms with Gasteiger partial charge in [0.2, 0.25) is 5.82 Å². The van der Waals surface area contributed by atoms with Crippen LogP contribution in [-0.4, -0.2) is 22.3 Å². The second-order valence-corrected chi connectivity index (χ2v) is 5.47. The highest BCUT2D eigenvalue weighted by atomic mass is 35.5. The Hall–Kier alpha value is -2.86. The Morgan fingerprint density at radius 1 is 1.17 bits per heavy atom. The minimum Gasteiger partial charge on any atom is -0.481 e. The average molecular weight is 344 g/mol. The predicted octanol–water partition coefficient (Wildman–Crippen LogP) is 3.80. The molecule has 3 aromatic rings. The van der Waals surface area contributed by atoms with Crippen molar-refractivity contribution in [1.29, 1.82) is 0 Å². The van der Waals surface area contributed by atoms with Crippen molar-refractivity contribution < 1.29 is 14.2 Å². The van der Waals surface area contributed by atoms with E-state index in [1.807, 2.05) is 30.3 Å². The molecule has 0 radical (unpaired) electrons. The van der Waals surface area contributed by atoms with Crippen LogP contribution in [0.2, 0.25) is 5.02 Å². The molecular formula is C17H14ClN3O3. The Morgan fingerprint density at radius 2 is 1.96 bits per heavy atom. The van der Waals surface area contributed by atoms with Crippen LogP contribution in [0, 0.1) is 0 Å². The number of carbonyl (C=O) groups excluding carboxylic acids is 1. The van der Waals surface area contributed by atoms with Gasteiger partial charge in [0.1, 0.15) is 5.75 Å².